The summed E-state index contributed by atoms with van der Waals surface area (Å²) in [7, 11) is 2.09. The Kier molecular flexibility index (Phi) is 3.04. The fraction of sp³-hybridized carbons (Fsp3) is 0.571. The van der Waals surface area contributed by atoms with Gasteiger partial charge in [-0.15, -0.1) is 0 Å². The Morgan fingerprint density at radius 2 is 2.06 bits per heavy atom. The van der Waals surface area contributed by atoms with Gasteiger partial charge in [-0.2, -0.15) is 0 Å². The lowest BCUT2D eigenvalue weighted by Gasteiger charge is -2.40. The number of fused-ring (bicyclic) bond motifs is 1. The summed E-state index contributed by atoms with van der Waals surface area (Å²) in [4.78, 5) is 2.26. The number of benzene rings is 1. The third kappa shape index (κ3) is 2.00. The van der Waals surface area contributed by atoms with Crippen LogP contribution < -0.4 is 0 Å². The van der Waals surface area contributed by atoms with E-state index in [1.807, 2.05) is 0 Å². The summed E-state index contributed by atoms with van der Waals surface area (Å²) >= 11 is 0. The maximum Gasteiger partial charge on any atom is 0.0609 e. The van der Waals surface area contributed by atoms with Crippen LogP contribution in [0, 0.1) is 0 Å². The molecule has 0 bridgehead atoms. The third-order valence-corrected chi connectivity index (χ3v) is 3.88. The van der Waals surface area contributed by atoms with Gasteiger partial charge in [-0.3, -0.25) is 4.90 Å². The van der Waals surface area contributed by atoms with Crippen LogP contribution in [0.5, 0.6) is 0 Å². The van der Waals surface area contributed by atoms with Gasteiger partial charge in [0.1, 0.15) is 0 Å². The topological polar surface area (TPSA) is 23.5 Å². The van der Waals surface area contributed by atoms with E-state index in [1.165, 1.54) is 17.5 Å². The van der Waals surface area contributed by atoms with Crippen LogP contribution in [-0.4, -0.2) is 35.7 Å². The van der Waals surface area contributed by atoms with Crippen LogP contribution in [0.3, 0.4) is 0 Å². The molecule has 0 amide bonds. The van der Waals surface area contributed by atoms with E-state index >= 15 is 0 Å². The molecule has 1 atom stereocenters. The molecule has 0 heterocycles. The van der Waals surface area contributed by atoms with Crippen molar-refractivity contribution in [1.82, 2.24) is 4.90 Å². The Morgan fingerprint density at radius 1 is 1.38 bits per heavy atom. The summed E-state index contributed by atoms with van der Waals surface area (Å²) in [5, 5.41) is 9.32. The SMILES string of the molecule is CN(CC1Cc2ccccc21)C(C)(C)CO. The van der Waals surface area contributed by atoms with Gasteiger partial charge in [0.25, 0.3) is 0 Å². The van der Waals surface area contributed by atoms with Crippen molar-refractivity contribution in [1.29, 1.82) is 0 Å². The van der Waals surface area contributed by atoms with Gasteiger partial charge in [0.15, 0.2) is 0 Å². The predicted molar refractivity (Wildman–Crippen MR) is 66.7 cm³/mol. The normalized spacial score (nSPS) is 19.4. The zero-order chi connectivity index (χ0) is 11.8. The molecule has 2 nitrogen and oxygen atoms in total. The maximum absolute atomic E-state index is 9.32. The van der Waals surface area contributed by atoms with Gasteiger partial charge in [-0.05, 0) is 38.4 Å². The van der Waals surface area contributed by atoms with Crippen molar-refractivity contribution in [2.75, 3.05) is 20.2 Å². The van der Waals surface area contributed by atoms with Crippen molar-refractivity contribution in [2.45, 2.75) is 31.7 Å². The largest absolute Gasteiger partial charge is 0.394 e. The number of nitrogens with zero attached hydrogens (tertiary/aromatic N) is 1. The van der Waals surface area contributed by atoms with E-state index in [0.717, 1.165) is 6.54 Å². The molecule has 0 spiro atoms. The first kappa shape index (κ1) is 11.6. The summed E-state index contributed by atoms with van der Waals surface area (Å²) in [6.07, 6.45) is 1.18. The highest BCUT2D eigenvalue weighted by Gasteiger charge is 2.30. The second-order valence-corrected chi connectivity index (χ2v) is 5.45. The molecule has 0 fully saturated rings. The van der Waals surface area contributed by atoms with Gasteiger partial charge in [0.05, 0.1) is 6.61 Å². The molecular formula is C14H21NO. The average Bonchev–Trinajstić information content (AvgIpc) is 2.25. The second-order valence-electron chi connectivity index (χ2n) is 5.45. The van der Waals surface area contributed by atoms with E-state index in [4.69, 9.17) is 0 Å². The minimum atomic E-state index is -0.121. The molecule has 16 heavy (non-hydrogen) atoms. The Bertz CT molecular complexity index is 373. The van der Waals surface area contributed by atoms with E-state index in [1.54, 1.807) is 0 Å². The van der Waals surface area contributed by atoms with Crippen LogP contribution in [0.25, 0.3) is 0 Å². The molecular weight excluding hydrogens is 198 g/mol. The molecule has 0 saturated carbocycles. The summed E-state index contributed by atoms with van der Waals surface area (Å²) in [5.74, 6) is 0.645. The van der Waals surface area contributed by atoms with Crippen LogP contribution in [0.2, 0.25) is 0 Å². The van der Waals surface area contributed by atoms with Crippen LogP contribution >= 0.6 is 0 Å². The van der Waals surface area contributed by atoms with Gasteiger partial charge in [-0.25, -0.2) is 0 Å². The Labute approximate surface area is 97.9 Å². The first-order valence-electron chi connectivity index (χ1n) is 5.94. The molecule has 1 aromatic rings. The second kappa shape index (κ2) is 4.19. The molecule has 2 heteroatoms. The van der Waals surface area contributed by atoms with Crippen molar-refractivity contribution in [3.8, 4) is 0 Å². The Morgan fingerprint density at radius 3 is 2.69 bits per heavy atom. The average molecular weight is 219 g/mol. The maximum atomic E-state index is 9.32. The molecule has 2 rings (SSSR count). The standard InChI is InChI=1S/C14H21NO/c1-14(2,10-16)15(3)9-12-8-11-6-4-5-7-13(11)12/h4-7,12,16H,8-10H2,1-3H3. The molecule has 0 radical (unpaired) electrons. The van der Waals surface area contributed by atoms with Crippen LogP contribution in [-0.2, 0) is 6.42 Å². The molecule has 0 aliphatic heterocycles. The van der Waals surface area contributed by atoms with Gasteiger partial charge < -0.3 is 5.11 Å². The zero-order valence-corrected chi connectivity index (χ0v) is 10.4. The van der Waals surface area contributed by atoms with Crippen LogP contribution in [0.15, 0.2) is 24.3 Å². The molecule has 1 aromatic carbocycles. The summed E-state index contributed by atoms with van der Waals surface area (Å²) in [6.45, 7) is 5.40. The lowest BCUT2D eigenvalue weighted by atomic mass is 9.77. The summed E-state index contributed by atoms with van der Waals surface area (Å²) in [6, 6.07) is 8.66. The number of aliphatic hydroxyl groups is 1. The zero-order valence-electron chi connectivity index (χ0n) is 10.4. The molecule has 1 aliphatic rings. The predicted octanol–water partition coefficient (Wildman–Crippen LogP) is 2.03. The molecule has 88 valence electrons. The number of likely N-dealkylation sites (N-methyl/N-ethyl adjacent to an activating group) is 1. The van der Waals surface area contributed by atoms with E-state index < -0.39 is 0 Å². The number of rotatable bonds is 4. The van der Waals surface area contributed by atoms with Gasteiger partial charge in [0.2, 0.25) is 0 Å². The molecule has 1 N–H and O–H groups in total. The van der Waals surface area contributed by atoms with E-state index in [-0.39, 0.29) is 12.1 Å². The molecule has 0 saturated heterocycles. The van der Waals surface area contributed by atoms with Crippen molar-refractivity contribution in [3.05, 3.63) is 35.4 Å². The first-order valence-corrected chi connectivity index (χ1v) is 5.94. The lowest BCUT2D eigenvalue weighted by Crippen LogP contribution is -2.47. The van der Waals surface area contributed by atoms with Crippen molar-refractivity contribution in [2.24, 2.45) is 0 Å². The quantitative estimate of drug-likeness (QED) is 0.837. The monoisotopic (exact) mass is 219 g/mol. The lowest BCUT2D eigenvalue weighted by molar-refractivity contribution is 0.0721. The highest BCUT2D eigenvalue weighted by molar-refractivity contribution is 5.40. The minimum Gasteiger partial charge on any atom is -0.394 e. The Balaban J connectivity index is 1.99. The van der Waals surface area contributed by atoms with Crippen molar-refractivity contribution < 1.29 is 5.11 Å². The van der Waals surface area contributed by atoms with Gasteiger partial charge >= 0.3 is 0 Å². The van der Waals surface area contributed by atoms with Gasteiger partial charge in [0, 0.05) is 18.0 Å². The first-order chi connectivity index (χ1) is 7.54. The van der Waals surface area contributed by atoms with E-state index in [0.29, 0.717) is 5.92 Å². The van der Waals surface area contributed by atoms with E-state index in [2.05, 4.69) is 50.1 Å². The number of hydrogen-bond donors (Lipinski definition) is 1. The highest BCUT2D eigenvalue weighted by atomic mass is 16.3. The van der Waals surface area contributed by atoms with Crippen molar-refractivity contribution in [3.63, 3.8) is 0 Å². The van der Waals surface area contributed by atoms with Crippen molar-refractivity contribution >= 4 is 0 Å². The fourth-order valence-electron chi connectivity index (χ4n) is 2.22. The smallest absolute Gasteiger partial charge is 0.0609 e. The minimum absolute atomic E-state index is 0.121. The van der Waals surface area contributed by atoms with Crippen LogP contribution in [0.1, 0.15) is 30.9 Å². The highest BCUT2D eigenvalue weighted by Crippen LogP contribution is 2.35. The van der Waals surface area contributed by atoms with Crippen LogP contribution in [0.4, 0.5) is 0 Å². The van der Waals surface area contributed by atoms with E-state index in [9.17, 15) is 5.11 Å². The molecule has 0 aromatic heterocycles. The third-order valence-electron chi connectivity index (χ3n) is 3.88. The molecule has 1 unspecified atom stereocenters. The Hall–Kier alpha value is -0.860. The number of hydrogen-bond acceptors (Lipinski definition) is 2. The fourth-order valence-corrected chi connectivity index (χ4v) is 2.22. The summed E-state index contributed by atoms with van der Waals surface area (Å²) < 4.78 is 0. The number of aliphatic hydroxyl groups excluding tert-OH is 1. The summed E-state index contributed by atoms with van der Waals surface area (Å²) in [5.41, 5.74) is 2.86. The molecule has 1 aliphatic carbocycles. The van der Waals surface area contributed by atoms with Gasteiger partial charge in [-0.1, -0.05) is 24.3 Å².